The maximum atomic E-state index is 12.5. The Hall–Kier alpha value is -2.01. The fourth-order valence-corrected chi connectivity index (χ4v) is 3.62. The van der Waals surface area contributed by atoms with E-state index in [0.717, 1.165) is 43.1 Å². The Balaban J connectivity index is 1.68. The zero-order valence-electron chi connectivity index (χ0n) is 13.3. The van der Waals surface area contributed by atoms with Gasteiger partial charge in [-0.2, -0.15) is 0 Å². The van der Waals surface area contributed by atoms with E-state index in [1.54, 1.807) is 18.4 Å². The number of hydrogen-bond acceptors (Lipinski definition) is 3. The van der Waals surface area contributed by atoms with Gasteiger partial charge in [-0.25, -0.2) is 4.79 Å². The van der Waals surface area contributed by atoms with Gasteiger partial charge in [-0.05, 0) is 48.1 Å². The highest BCUT2D eigenvalue weighted by Gasteiger charge is 2.23. The van der Waals surface area contributed by atoms with Crippen LogP contribution in [0, 0.1) is 0 Å². The SMILES string of the molecule is COc1ccc([C@H]2CCCCN(C(=O)Nc3cccs3)C2)cc1. The Morgan fingerprint density at radius 3 is 2.78 bits per heavy atom. The van der Waals surface area contributed by atoms with Crippen molar-refractivity contribution in [3.63, 3.8) is 0 Å². The molecule has 0 unspecified atom stereocenters. The molecule has 1 aliphatic rings. The predicted octanol–water partition coefficient (Wildman–Crippen LogP) is 4.56. The van der Waals surface area contributed by atoms with Gasteiger partial charge in [0.2, 0.25) is 0 Å². The molecule has 0 spiro atoms. The molecule has 0 saturated carbocycles. The quantitative estimate of drug-likeness (QED) is 0.896. The smallest absolute Gasteiger partial charge is 0.322 e. The van der Waals surface area contributed by atoms with Gasteiger partial charge < -0.3 is 9.64 Å². The van der Waals surface area contributed by atoms with Crippen molar-refractivity contribution in [2.45, 2.75) is 25.2 Å². The van der Waals surface area contributed by atoms with E-state index in [0.29, 0.717) is 5.92 Å². The molecule has 1 saturated heterocycles. The number of ether oxygens (including phenoxy) is 1. The summed E-state index contributed by atoms with van der Waals surface area (Å²) in [4.78, 5) is 14.4. The minimum atomic E-state index is 0.00728. The molecule has 1 N–H and O–H groups in total. The summed E-state index contributed by atoms with van der Waals surface area (Å²) in [5, 5.41) is 5.87. The third-order valence-electron chi connectivity index (χ3n) is 4.30. The Morgan fingerprint density at radius 2 is 2.09 bits per heavy atom. The molecule has 0 radical (unpaired) electrons. The summed E-state index contributed by atoms with van der Waals surface area (Å²) in [7, 11) is 1.68. The summed E-state index contributed by atoms with van der Waals surface area (Å²) in [6, 6.07) is 12.1. The predicted molar refractivity (Wildman–Crippen MR) is 94.5 cm³/mol. The van der Waals surface area contributed by atoms with E-state index < -0.39 is 0 Å². The van der Waals surface area contributed by atoms with Crippen molar-refractivity contribution in [3.8, 4) is 5.75 Å². The van der Waals surface area contributed by atoms with Crippen molar-refractivity contribution in [2.75, 3.05) is 25.5 Å². The number of carbonyl (C=O) groups excluding carboxylic acids is 1. The monoisotopic (exact) mass is 330 g/mol. The topological polar surface area (TPSA) is 41.6 Å². The molecule has 0 bridgehead atoms. The minimum absolute atomic E-state index is 0.00728. The second-order valence-corrected chi connectivity index (χ2v) is 6.77. The number of rotatable bonds is 3. The average Bonchev–Trinajstić information content (AvgIpc) is 2.96. The standard InChI is InChI=1S/C18H22N2O2S/c1-22-16-9-7-14(8-10-16)15-5-2-3-11-20(13-15)18(21)19-17-6-4-12-23-17/h4,6-10,12,15H,2-3,5,11,13H2,1H3,(H,19,21)/t15-/m0/s1. The van der Waals surface area contributed by atoms with Gasteiger partial charge in [0, 0.05) is 19.0 Å². The van der Waals surface area contributed by atoms with Crippen LogP contribution in [0.1, 0.15) is 30.7 Å². The van der Waals surface area contributed by atoms with E-state index in [1.165, 1.54) is 5.56 Å². The van der Waals surface area contributed by atoms with Crippen LogP contribution in [0.15, 0.2) is 41.8 Å². The molecule has 1 aromatic heterocycles. The molecule has 5 heteroatoms. The van der Waals surface area contributed by atoms with Gasteiger partial charge in [-0.3, -0.25) is 5.32 Å². The summed E-state index contributed by atoms with van der Waals surface area (Å²) in [5.41, 5.74) is 1.28. The van der Waals surface area contributed by atoms with Crippen molar-refractivity contribution in [1.82, 2.24) is 4.90 Å². The summed E-state index contributed by atoms with van der Waals surface area (Å²) in [6.07, 6.45) is 3.33. The summed E-state index contributed by atoms with van der Waals surface area (Å²) >= 11 is 1.55. The van der Waals surface area contributed by atoms with Crippen LogP contribution in [0.5, 0.6) is 5.75 Å². The summed E-state index contributed by atoms with van der Waals surface area (Å²) in [5.74, 6) is 1.26. The third-order valence-corrected chi connectivity index (χ3v) is 5.08. The number of anilines is 1. The van der Waals surface area contributed by atoms with E-state index in [9.17, 15) is 4.79 Å². The molecule has 1 atom stereocenters. The molecule has 23 heavy (non-hydrogen) atoms. The van der Waals surface area contributed by atoms with Crippen LogP contribution in [0.4, 0.5) is 9.80 Å². The molecule has 2 amide bonds. The lowest BCUT2D eigenvalue weighted by atomic mass is 9.94. The van der Waals surface area contributed by atoms with Crippen LogP contribution in [0.3, 0.4) is 0 Å². The number of thiophene rings is 1. The molecule has 4 nitrogen and oxygen atoms in total. The number of amides is 2. The molecule has 1 aromatic carbocycles. The fraction of sp³-hybridized carbons (Fsp3) is 0.389. The highest BCUT2D eigenvalue weighted by Crippen LogP contribution is 2.28. The number of likely N-dealkylation sites (tertiary alicyclic amines) is 1. The van der Waals surface area contributed by atoms with Crippen LogP contribution in [-0.4, -0.2) is 31.1 Å². The van der Waals surface area contributed by atoms with Crippen molar-refractivity contribution in [2.24, 2.45) is 0 Å². The Bertz CT molecular complexity index is 625. The van der Waals surface area contributed by atoms with Crippen LogP contribution in [-0.2, 0) is 0 Å². The number of methoxy groups -OCH3 is 1. The maximum absolute atomic E-state index is 12.5. The molecule has 1 aliphatic heterocycles. The lowest BCUT2D eigenvalue weighted by Crippen LogP contribution is -2.37. The number of urea groups is 1. The first-order chi connectivity index (χ1) is 11.3. The first-order valence-electron chi connectivity index (χ1n) is 7.99. The van der Waals surface area contributed by atoms with E-state index in [4.69, 9.17) is 4.74 Å². The van der Waals surface area contributed by atoms with Crippen molar-refractivity contribution in [3.05, 3.63) is 47.3 Å². The second kappa shape index (κ2) is 7.51. The number of hydrogen-bond donors (Lipinski definition) is 1. The van der Waals surface area contributed by atoms with Gasteiger partial charge >= 0.3 is 6.03 Å². The number of nitrogens with zero attached hydrogens (tertiary/aromatic N) is 1. The number of nitrogens with one attached hydrogen (secondary N) is 1. The Morgan fingerprint density at radius 1 is 1.26 bits per heavy atom. The molecule has 3 rings (SSSR count). The van der Waals surface area contributed by atoms with Crippen LogP contribution < -0.4 is 10.1 Å². The lowest BCUT2D eigenvalue weighted by molar-refractivity contribution is 0.211. The van der Waals surface area contributed by atoms with Gasteiger partial charge in [0.15, 0.2) is 0 Å². The lowest BCUT2D eigenvalue weighted by Gasteiger charge is -2.25. The summed E-state index contributed by atoms with van der Waals surface area (Å²) in [6.45, 7) is 1.59. The molecule has 1 fully saturated rings. The molecule has 122 valence electrons. The average molecular weight is 330 g/mol. The normalized spacial score (nSPS) is 18.3. The van der Waals surface area contributed by atoms with Crippen molar-refractivity contribution < 1.29 is 9.53 Å². The van der Waals surface area contributed by atoms with Crippen LogP contribution in [0.2, 0.25) is 0 Å². The van der Waals surface area contributed by atoms with E-state index in [1.807, 2.05) is 34.5 Å². The third kappa shape index (κ3) is 4.05. The van der Waals surface area contributed by atoms with Crippen LogP contribution in [0.25, 0.3) is 0 Å². The van der Waals surface area contributed by atoms with E-state index >= 15 is 0 Å². The van der Waals surface area contributed by atoms with Crippen molar-refractivity contribution in [1.29, 1.82) is 0 Å². The van der Waals surface area contributed by atoms with Crippen LogP contribution >= 0.6 is 11.3 Å². The number of benzene rings is 1. The summed E-state index contributed by atoms with van der Waals surface area (Å²) < 4.78 is 5.23. The van der Waals surface area contributed by atoms with Gasteiger partial charge in [0.05, 0.1) is 12.1 Å². The Kier molecular flexibility index (Phi) is 5.18. The van der Waals surface area contributed by atoms with Gasteiger partial charge in [-0.15, -0.1) is 11.3 Å². The fourth-order valence-electron chi connectivity index (χ4n) is 3.01. The molecule has 2 heterocycles. The first kappa shape index (κ1) is 15.9. The molecule has 2 aromatic rings. The first-order valence-corrected chi connectivity index (χ1v) is 8.87. The van der Waals surface area contributed by atoms with Crippen molar-refractivity contribution >= 4 is 22.4 Å². The zero-order chi connectivity index (χ0) is 16.1. The maximum Gasteiger partial charge on any atom is 0.322 e. The van der Waals surface area contributed by atoms with Gasteiger partial charge in [-0.1, -0.05) is 18.6 Å². The van der Waals surface area contributed by atoms with E-state index in [2.05, 4.69) is 17.4 Å². The highest BCUT2D eigenvalue weighted by atomic mass is 32.1. The number of carbonyl (C=O) groups is 1. The molecule has 0 aliphatic carbocycles. The van der Waals surface area contributed by atoms with Gasteiger partial charge in [0.25, 0.3) is 0 Å². The Labute approximate surface area is 141 Å². The minimum Gasteiger partial charge on any atom is -0.497 e. The van der Waals surface area contributed by atoms with E-state index in [-0.39, 0.29) is 6.03 Å². The second-order valence-electron chi connectivity index (χ2n) is 5.82. The highest BCUT2D eigenvalue weighted by molar-refractivity contribution is 7.14. The largest absolute Gasteiger partial charge is 0.497 e. The zero-order valence-corrected chi connectivity index (χ0v) is 14.1. The molecular formula is C18H22N2O2S. The molecular weight excluding hydrogens is 308 g/mol. The van der Waals surface area contributed by atoms with Gasteiger partial charge in [0.1, 0.15) is 5.75 Å².